The van der Waals surface area contributed by atoms with E-state index in [4.69, 9.17) is 4.74 Å². The van der Waals surface area contributed by atoms with E-state index in [1.165, 1.54) is 6.42 Å². The van der Waals surface area contributed by atoms with Crippen molar-refractivity contribution in [3.05, 3.63) is 11.6 Å². The molecule has 106 valence electrons. The fraction of sp³-hybridized carbons (Fsp3) is 0.750. The van der Waals surface area contributed by atoms with Crippen molar-refractivity contribution in [2.45, 2.75) is 58.8 Å². The van der Waals surface area contributed by atoms with E-state index in [0.717, 1.165) is 37.7 Å². The van der Waals surface area contributed by atoms with E-state index in [-0.39, 0.29) is 17.7 Å². The topological polar surface area (TPSA) is 43.4 Å². The quantitative estimate of drug-likeness (QED) is 0.444. The van der Waals surface area contributed by atoms with Crippen molar-refractivity contribution >= 4 is 11.8 Å². The Morgan fingerprint density at radius 2 is 2.00 bits per heavy atom. The van der Waals surface area contributed by atoms with Crippen molar-refractivity contribution in [3.63, 3.8) is 0 Å². The second-order valence-corrected chi connectivity index (χ2v) is 5.75. The minimum absolute atomic E-state index is 0.0552. The lowest BCUT2D eigenvalue weighted by atomic mass is 9.70. The zero-order valence-electron chi connectivity index (χ0n) is 12.0. The van der Waals surface area contributed by atoms with E-state index in [2.05, 4.69) is 0 Å². The molecule has 3 heteroatoms. The van der Waals surface area contributed by atoms with Crippen LogP contribution in [0.3, 0.4) is 0 Å². The van der Waals surface area contributed by atoms with Crippen LogP contribution in [0.2, 0.25) is 0 Å². The molecule has 0 aromatic heterocycles. The van der Waals surface area contributed by atoms with Crippen molar-refractivity contribution in [1.82, 2.24) is 0 Å². The van der Waals surface area contributed by atoms with Crippen LogP contribution in [0, 0.1) is 11.3 Å². The summed E-state index contributed by atoms with van der Waals surface area (Å²) in [4.78, 5) is 25.3. The first-order valence-corrected chi connectivity index (χ1v) is 7.51. The number of rotatable bonds is 4. The van der Waals surface area contributed by atoms with Gasteiger partial charge in [-0.1, -0.05) is 30.9 Å². The van der Waals surface area contributed by atoms with Gasteiger partial charge >= 0.3 is 5.97 Å². The van der Waals surface area contributed by atoms with Gasteiger partial charge in [-0.15, -0.1) is 0 Å². The lowest BCUT2D eigenvalue weighted by molar-refractivity contribution is -0.159. The molecular formula is C16H24O3. The van der Waals surface area contributed by atoms with Crippen molar-refractivity contribution < 1.29 is 14.3 Å². The second kappa shape index (κ2) is 5.89. The molecule has 3 nitrogen and oxygen atoms in total. The van der Waals surface area contributed by atoms with E-state index < -0.39 is 5.41 Å². The molecule has 1 fully saturated rings. The number of hydrogen-bond acceptors (Lipinski definition) is 3. The maximum atomic E-state index is 12.9. The molecule has 1 saturated carbocycles. The Morgan fingerprint density at radius 3 is 2.53 bits per heavy atom. The van der Waals surface area contributed by atoms with Crippen molar-refractivity contribution in [3.8, 4) is 0 Å². The minimum atomic E-state index is -0.960. The second-order valence-electron chi connectivity index (χ2n) is 5.75. The number of hydrogen-bond donors (Lipinski definition) is 0. The molecule has 1 unspecified atom stereocenters. The SMILES string of the molecule is CCOC(=O)C1(C(=O)C2CCCCC2)CCC=C1C. The highest BCUT2D eigenvalue weighted by molar-refractivity contribution is 6.08. The average molecular weight is 264 g/mol. The Labute approximate surface area is 115 Å². The normalized spacial score (nSPS) is 28.0. The van der Waals surface area contributed by atoms with Crippen molar-refractivity contribution in [2.24, 2.45) is 11.3 Å². The van der Waals surface area contributed by atoms with Gasteiger partial charge in [-0.3, -0.25) is 9.59 Å². The molecule has 2 rings (SSSR count). The summed E-state index contributed by atoms with van der Waals surface area (Å²) in [5.74, 6) is -0.145. The lowest BCUT2D eigenvalue weighted by Crippen LogP contribution is -2.44. The Kier molecular flexibility index (Phi) is 4.43. The molecule has 0 N–H and O–H groups in total. The van der Waals surface area contributed by atoms with E-state index in [1.807, 2.05) is 13.0 Å². The van der Waals surface area contributed by atoms with Gasteiger partial charge < -0.3 is 4.74 Å². The van der Waals surface area contributed by atoms with Gasteiger partial charge in [-0.05, 0) is 39.5 Å². The summed E-state index contributed by atoms with van der Waals surface area (Å²) < 4.78 is 5.21. The van der Waals surface area contributed by atoms with Crippen LogP contribution in [0.15, 0.2) is 11.6 Å². The smallest absolute Gasteiger partial charge is 0.323 e. The number of esters is 1. The Hall–Kier alpha value is -1.12. The maximum Gasteiger partial charge on any atom is 0.323 e. The zero-order valence-corrected chi connectivity index (χ0v) is 12.0. The summed E-state index contributed by atoms with van der Waals surface area (Å²) in [5.41, 5.74) is -0.0561. The van der Waals surface area contributed by atoms with Crippen molar-refractivity contribution in [1.29, 1.82) is 0 Å². The van der Waals surface area contributed by atoms with Crippen LogP contribution < -0.4 is 0 Å². The number of Topliss-reactive ketones (excluding diaryl/α,β-unsaturated/α-hetero) is 1. The van der Waals surface area contributed by atoms with E-state index in [9.17, 15) is 9.59 Å². The predicted molar refractivity (Wildman–Crippen MR) is 73.6 cm³/mol. The lowest BCUT2D eigenvalue weighted by Gasteiger charge is -2.32. The third kappa shape index (κ3) is 2.47. The first kappa shape index (κ1) is 14.3. The molecule has 0 heterocycles. The van der Waals surface area contributed by atoms with Gasteiger partial charge in [0.15, 0.2) is 5.78 Å². The van der Waals surface area contributed by atoms with Gasteiger partial charge in [-0.25, -0.2) is 0 Å². The summed E-state index contributed by atoms with van der Waals surface area (Å²) in [6.45, 7) is 4.04. The average Bonchev–Trinajstić information content (AvgIpc) is 2.82. The molecule has 0 amide bonds. The van der Waals surface area contributed by atoms with Gasteiger partial charge in [-0.2, -0.15) is 0 Å². The molecule has 1 atom stereocenters. The van der Waals surface area contributed by atoms with E-state index >= 15 is 0 Å². The van der Waals surface area contributed by atoms with Gasteiger partial charge in [0, 0.05) is 5.92 Å². The molecule has 0 aromatic rings. The number of carbonyl (C=O) groups excluding carboxylic acids is 2. The van der Waals surface area contributed by atoms with Gasteiger partial charge in [0.05, 0.1) is 6.61 Å². The van der Waals surface area contributed by atoms with Crippen molar-refractivity contribution in [2.75, 3.05) is 6.61 Å². The van der Waals surface area contributed by atoms with Crippen LogP contribution in [-0.4, -0.2) is 18.4 Å². The molecule has 2 aliphatic rings. The summed E-state index contributed by atoms with van der Waals surface area (Å²) in [7, 11) is 0. The fourth-order valence-electron chi connectivity index (χ4n) is 3.53. The highest BCUT2D eigenvalue weighted by atomic mass is 16.5. The largest absolute Gasteiger partial charge is 0.465 e. The molecule has 2 aliphatic carbocycles. The monoisotopic (exact) mass is 264 g/mol. The standard InChI is InChI=1S/C16H24O3/c1-3-19-15(18)16(11-7-8-12(16)2)14(17)13-9-5-4-6-10-13/h8,13H,3-7,9-11H2,1-2H3. The molecular weight excluding hydrogens is 240 g/mol. The highest BCUT2D eigenvalue weighted by Gasteiger charge is 2.52. The Morgan fingerprint density at radius 1 is 1.32 bits per heavy atom. The third-order valence-electron chi connectivity index (χ3n) is 4.66. The minimum Gasteiger partial charge on any atom is -0.465 e. The number of allylic oxidation sites excluding steroid dienone is 1. The summed E-state index contributed by atoms with van der Waals surface area (Å²) in [5, 5.41) is 0. The van der Waals surface area contributed by atoms with Gasteiger partial charge in [0.1, 0.15) is 5.41 Å². The van der Waals surface area contributed by atoms with Crippen LogP contribution in [0.4, 0.5) is 0 Å². The number of ketones is 1. The molecule has 0 aromatic carbocycles. The van der Waals surface area contributed by atoms with E-state index in [0.29, 0.717) is 13.0 Å². The van der Waals surface area contributed by atoms with Crippen LogP contribution >= 0.6 is 0 Å². The first-order chi connectivity index (χ1) is 9.13. The van der Waals surface area contributed by atoms with Crippen LogP contribution in [0.25, 0.3) is 0 Å². The van der Waals surface area contributed by atoms with E-state index in [1.54, 1.807) is 6.92 Å². The van der Waals surface area contributed by atoms with Gasteiger partial charge in [0.25, 0.3) is 0 Å². The van der Waals surface area contributed by atoms with Crippen LogP contribution in [0.1, 0.15) is 58.8 Å². The maximum absolute atomic E-state index is 12.9. The zero-order chi connectivity index (χ0) is 13.9. The predicted octanol–water partition coefficient (Wildman–Crippen LogP) is 3.43. The third-order valence-corrected chi connectivity index (χ3v) is 4.66. The summed E-state index contributed by atoms with van der Waals surface area (Å²) in [6.07, 6.45) is 8.75. The van der Waals surface area contributed by atoms with Gasteiger partial charge in [0.2, 0.25) is 0 Å². The van der Waals surface area contributed by atoms with Crippen LogP contribution in [0.5, 0.6) is 0 Å². The number of ether oxygens (including phenoxy) is 1. The Balaban J connectivity index is 2.25. The fourth-order valence-corrected chi connectivity index (χ4v) is 3.53. The highest BCUT2D eigenvalue weighted by Crippen LogP contribution is 2.45. The molecule has 0 radical (unpaired) electrons. The summed E-state index contributed by atoms with van der Waals surface area (Å²) in [6, 6.07) is 0. The van der Waals surface area contributed by atoms with Crippen LogP contribution in [-0.2, 0) is 14.3 Å². The first-order valence-electron chi connectivity index (χ1n) is 7.51. The Bertz CT molecular complexity index is 391. The number of carbonyl (C=O) groups is 2. The summed E-state index contributed by atoms with van der Waals surface area (Å²) >= 11 is 0. The molecule has 0 bridgehead atoms. The molecule has 19 heavy (non-hydrogen) atoms. The molecule has 0 spiro atoms. The molecule has 0 saturated heterocycles. The molecule has 0 aliphatic heterocycles.